The van der Waals surface area contributed by atoms with E-state index in [1.165, 1.54) is 12.1 Å². The average Bonchev–Trinajstić information content (AvgIpc) is 3.31. The Balaban J connectivity index is 1.20. The Bertz CT molecular complexity index is 1140. The third-order valence-corrected chi connectivity index (χ3v) is 4.91. The molecule has 0 aliphatic heterocycles. The van der Waals surface area contributed by atoms with Gasteiger partial charge in [0, 0.05) is 24.9 Å². The van der Waals surface area contributed by atoms with Crippen molar-refractivity contribution in [2.45, 2.75) is 26.0 Å². The fourth-order valence-electron chi connectivity index (χ4n) is 3.12. The van der Waals surface area contributed by atoms with Crippen LogP contribution < -0.4 is 10.1 Å². The average molecular weight is 430 g/mol. The zero-order chi connectivity index (χ0) is 22.2. The highest BCUT2D eigenvalue weighted by atomic mass is 19.1. The number of benzene rings is 3. The maximum atomic E-state index is 13.0. The number of para-hydroxylation sites is 1. The number of rotatable bonds is 9. The minimum absolute atomic E-state index is 0.0805. The molecule has 0 bridgehead atoms. The summed E-state index contributed by atoms with van der Waals surface area (Å²) in [5, 5.41) is 2.91. The SMILES string of the molecule is O=C(CCc1ncc(-c2ccc(F)cc2)o1)NCc1ccc(COc2ccccc2)cc1. The molecule has 3 aromatic carbocycles. The predicted molar refractivity (Wildman–Crippen MR) is 119 cm³/mol. The summed E-state index contributed by atoms with van der Waals surface area (Å²) in [6.07, 6.45) is 2.25. The maximum Gasteiger partial charge on any atom is 0.220 e. The molecule has 0 spiro atoms. The number of halogens is 1. The van der Waals surface area contributed by atoms with Gasteiger partial charge in [0.25, 0.3) is 0 Å². The van der Waals surface area contributed by atoms with Gasteiger partial charge in [-0.05, 0) is 47.5 Å². The number of hydrogen-bond acceptors (Lipinski definition) is 4. The van der Waals surface area contributed by atoms with Gasteiger partial charge >= 0.3 is 0 Å². The van der Waals surface area contributed by atoms with Crippen LogP contribution in [0.2, 0.25) is 0 Å². The molecule has 4 rings (SSSR count). The second-order valence-electron chi connectivity index (χ2n) is 7.32. The predicted octanol–water partition coefficient (Wildman–Crippen LogP) is 5.31. The number of ether oxygens (including phenoxy) is 1. The summed E-state index contributed by atoms with van der Waals surface area (Å²) in [7, 11) is 0. The van der Waals surface area contributed by atoms with Crippen LogP contribution in [-0.2, 0) is 24.4 Å². The van der Waals surface area contributed by atoms with Crippen LogP contribution in [0.4, 0.5) is 4.39 Å². The lowest BCUT2D eigenvalue weighted by Crippen LogP contribution is -2.23. The largest absolute Gasteiger partial charge is 0.489 e. The van der Waals surface area contributed by atoms with E-state index in [0.29, 0.717) is 31.2 Å². The van der Waals surface area contributed by atoms with Gasteiger partial charge in [0.2, 0.25) is 5.91 Å². The van der Waals surface area contributed by atoms with E-state index in [1.807, 2.05) is 54.6 Å². The molecule has 0 aliphatic carbocycles. The molecule has 0 aliphatic rings. The lowest BCUT2D eigenvalue weighted by Gasteiger charge is -2.08. The standard InChI is InChI=1S/C26H23FN2O3/c27-22-12-10-21(11-13-22)24-17-29-26(32-24)15-14-25(30)28-16-19-6-8-20(9-7-19)18-31-23-4-2-1-3-5-23/h1-13,17H,14-16,18H2,(H,28,30). The zero-order valence-electron chi connectivity index (χ0n) is 17.5. The number of oxazole rings is 1. The fraction of sp³-hybridized carbons (Fsp3) is 0.154. The van der Waals surface area contributed by atoms with Crippen molar-refractivity contribution < 1.29 is 18.3 Å². The maximum absolute atomic E-state index is 13.0. The highest BCUT2D eigenvalue weighted by molar-refractivity contribution is 5.76. The summed E-state index contributed by atoms with van der Waals surface area (Å²) < 4.78 is 24.4. The Hall–Kier alpha value is -3.93. The Labute approximate surface area is 185 Å². The number of nitrogens with one attached hydrogen (secondary N) is 1. The van der Waals surface area contributed by atoms with Crippen molar-refractivity contribution in [3.63, 3.8) is 0 Å². The molecule has 1 heterocycles. The first-order valence-corrected chi connectivity index (χ1v) is 10.4. The quantitative estimate of drug-likeness (QED) is 0.391. The van der Waals surface area contributed by atoms with Crippen LogP contribution in [0.5, 0.6) is 5.75 Å². The van der Waals surface area contributed by atoms with E-state index in [2.05, 4.69) is 10.3 Å². The minimum atomic E-state index is -0.305. The number of nitrogens with zero attached hydrogens (tertiary/aromatic N) is 1. The summed E-state index contributed by atoms with van der Waals surface area (Å²) in [4.78, 5) is 16.4. The normalized spacial score (nSPS) is 10.7. The van der Waals surface area contributed by atoms with Crippen LogP contribution in [0.15, 0.2) is 89.5 Å². The van der Waals surface area contributed by atoms with Crippen LogP contribution in [0.1, 0.15) is 23.4 Å². The van der Waals surface area contributed by atoms with Gasteiger partial charge in [0.15, 0.2) is 11.7 Å². The highest BCUT2D eigenvalue weighted by Crippen LogP contribution is 2.21. The fourth-order valence-corrected chi connectivity index (χ4v) is 3.12. The van der Waals surface area contributed by atoms with Gasteiger partial charge < -0.3 is 14.5 Å². The van der Waals surface area contributed by atoms with Crippen molar-refractivity contribution in [2.24, 2.45) is 0 Å². The Morgan fingerprint density at radius 3 is 2.41 bits per heavy atom. The molecule has 1 aromatic heterocycles. The van der Waals surface area contributed by atoms with Crippen molar-refractivity contribution in [1.82, 2.24) is 10.3 Å². The van der Waals surface area contributed by atoms with Gasteiger partial charge in [-0.15, -0.1) is 0 Å². The number of carbonyl (C=O) groups excluding carboxylic acids is 1. The Morgan fingerprint density at radius 2 is 1.66 bits per heavy atom. The van der Waals surface area contributed by atoms with Crippen molar-refractivity contribution in [2.75, 3.05) is 0 Å². The summed E-state index contributed by atoms with van der Waals surface area (Å²) >= 11 is 0. The summed E-state index contributed by atoms with van der Waals surface area (Å²) in [6.45, 7) is 0.942. The lowest BCUT2D eigenvalue weighted by atomic mass is 10.1. The number of hydrogen-bond donors (Lipinski definition) is 1. The molecule has 1 amide bonds. The van der Waals surface area contributed by atoms with E-state index in [1.54, 1.807) is 18.3 Å². The molecule has 0 atom stereocenters. The number of carbonyl (C=O) groups is 1. The second kappa shape index (κ2) is 10.4. The number of aromatic nitrogens is 1. The first-order valence-electron chi connectivity index (χ1n) is 10.4. The van der Waals surface area contributed by atoms with Crippen LogP contribution in [0.3, 0.4) is 0 Å². The number of amides is 1. The molecular weight excluding hydrogens is 407 g/mol. The molecule has 0 unspecified atom stereocenters. The van der Waals surface area contributed by atoms with Gasteiger partial charge in [0.05, 0.1) is 6.20 Å². The first kappa shape index (κ1) is 21.3. The van der Waals surface area contributed by atoms with Crippen LogP contribution in [-0.4, -0.2) is 10.9 Å². The molecule has 0 fully saturated rings. The molecule has 1 N–H and O–H groups in total. The topological polar surface area (TPSA) is 64.4 Å². The summed E-state index contributed by atoms with van der Waals surface area (Å²) in [5.41, 5.74) is 2.81. The second-order valence-corrected chi connectivity index (χ2v) is 7.32. The van der Waals surface area contributed by atoms with Crippen molar-refractivity contribution in [3.8, 4) is 17.1 Å². The van der Waals surface area contributed by atoms with Crippen molar-refractivity contribution in [1.29, 1.82) is 0 Å². The third kappa shape index (κ3) is 6.04. The lowest BCUT2D eigenvalue weighted by molar-refractivity contribution is -0.121. The van der Waals surface area contributed by atoms with E-state index >= 15 is 0 Å². The molecule has 0 saturated carbocycles. The van der Waals surface area contributed by atoms with Crippen LogP contribution in [0.25, 0.3) is 11.3 Å². The summed E-state index contributed by atoms with van der Waals surface area (Å²) in [5.74, 6) is 1.47. The zero-order valence-corrected chi connectivity index (χ0v) is 17.5. The molecule has 0 saturated heterocycles. The molecule has 0 radical (unpaired) electrons. The van der Waals surface area contributed by atoms with E-state index in [9.17, 15) is 9.18 Å². The van der Waals surface area contributed by atoms with Gasteiger partial charge in [0.1, 0.15) is 18.2 Å². The Kier molecular flexibility index (Phi) is 6.92. The molecule has 32 heavy (non-hydrogen) atoms. The van der Waals surface area contributed by atoms with E-state index in [4.69, 9.17) is 9.15 Å². The Morgan fingerprint density at radius 1 is 0.938 bits per heavy atom. The van der Waals surface area contributed by atoms with Gasteiger partial charge in [-0.3, -0.25) is 4.79 Å². The van der Waals surface area contributed by atoms with Gasteiger partial charge in [-0.25, -0.2) is 9.37 Å². The third-order valence-electron chi connectivity index (χ3n) is 4.91. The summed E-state index contributed by atoms with van der Waals surface area (Å²) in [6, 6.07) is 23.6. The van der Waals surface area contributed by atoms with Crippen LogP contribution in [0, 0.1) is 5.82 Å². The molecule has 5 nitrogen and oxygen atoms in total. The molecule has 162 valence electrons. The van der Waals surface area contributed by atoms with E-state index in [0.717, 1.165) is 22.4 Å². The smallest absolute Gasteiger partial charge is 0.220 e. The molecule has 6 heteroatoms. The van der Waals surface area contributed by atoms with Crippen molar-refractivity contribution >= 4 is 5.91 Å². The first-order chi connectivity index (χ1) is 15.7. The van der Waals surface area contributed by atoms with E-state index in [-0.39, 0.29) is 18.1 Å². The monoisotopic (exact) mass is 430 g/mol. The molecular formula is C26H23FN2O3. The molecule has 4 aromatic rings. The van der Waals surface area contributed by atoms with Gasteiger partial charge in [-0.1, -0.05) is 42.5 Å². The minimum Gasteiger partial charge on any atom is -0.489 e. The van der Waals surface area contributed by atoms with Crippen molar-refractivity contribution in [3.05, 3.63) is 108 Å². The van der Waals surface area contributed by atoms with Crippen LogP contribution >= 0.6 is 0 Å². The number of aryl methyl sites for hydroxylation is 1. The van der Waals surface area contributed by atoms with E-state index < -0.39 is 0 Å². The highest BCUT2D eigenvalue weighted by Gasteiger charge is 2.09. The van der Waals surface area contributed by atoms with Gasteiger partial charge in [-0.2, -0.15) is 0 Å².